The van der Waals surface area contributed by atoms with E-state index < -0.39 is 15.8 Å². The largest absolute Gasteiger partial charge is 0.490 e. The summed E-state index contributed by atoms with van der Waals surface area (Å²) in [6, 6.07) is 10.6. The first kappa shape index (κ1) is 22.8. The molecule has 0 bridgehead atoms. The molecule has 2 aromatic carbocycles. The molecule has 7 nitrogen and oxygen atoms in total. The fourth-order valence-electron chi connectivity index (χ4n) is 3.09. The van der Waals surface area contributed by atoms with Crippen LogP contribution < -0.4 is 14.2 Å². The highest BCUT2D eigenvalue weighted by atomic mass is 32.2. The molecule has 0 aromatic heterocycles. The van der Waals surface area contributed by atoms with Crippen LogP contribution in [0.3, 0.4) is 0 Å². The highest BCUT2D eigenvalue weighted by molar-refractivity contribution is 7.89. The Bertz CT molecular complexity index is 1040. The van der Waals surface area contributed by atoms with Crippen LogP contribution in [-0.2, 0) is 21.4 Å². The molecular formula is C22H25FN2O5S. The van der Waals surface area contributed by atoms with Gasteiger partial charge in [0.05, 0.1) is 18.1 Å². The van der Waals surface area contributed by atoms with E-state index in [0.717, 1.165) is 0 Å². The average molecular weight is 449 g/mol. The first-order valence-electron chi connectivity index (χ1n) is 9.92. The number of sulfonamides is 1. The number of halogens is 1. The van der Waals surface area contributed by atoms with Gasteiger partial charge in [0.25, 0.3) is 0 Å². The Morgan fingerprint density at radius 2 is 1.90 bits per heavy atom. The van der Waals surface area contributed by atoms with Crippen molar-refractivity contribution >= 4 is 15.9 Å². The monoisotopic (exact) mass is 448 g/mol. The molecule has 0 saturated carbocycles. The predicted octanol–water partition coefficient (Wildman–Crippen LogP) is 2.87. The van der Waals surface area contributed by atoms with Crippen LogP contribution in [0.2, 0.25) is 0 Å². The van der Waals surface area contributed by atoms with E-state index in [4.69, 9.17) is 9.47 Å². The normalized spacial score (nSPS) is 13.3. The third-order valence-electron chi connectivity index (χ3n) is 4.68. The van der Waals surface area contributed by atoms with Crippen molar-refractivity contribution in [1.29, 1.82) is 0 Å². The van der Waals surface area contributed by atoms with Crippen LogP contribution in [-0.4, -0.2) is 45.5 Å². The SMILES string of the molecule is C=CCN(Cc1ccccc1F)C(=O)CCNS(=O)(=O)c1ccc2c(c1)OCCCO2. The number of amides is 1. The van der Waals surface area contributed by atoms with Crippen molar-refractivity contribution in [2.75, 3.05) is 26.3 Å². The molecule has 1 N–H and O–H groups in total. The minimum absolute atomic E-state index is 0.0264. The Morgan fingerprint density at radius 1 is 1.16 bits per heavy atom. The molecule has 1 aliphatic heterocycles. The van der Waals surface area contributed by atoms with E-state index >= 15 is 0 Å². The first-order chi connectivity index (χ1) is 14.9. The zero-order valence-electron chi connectivity index (χ0n) is 17.1. The molecule has 0 atom stereocenters. The van der Waals surface area contributed by atoms with Gasteiger partial charge in [-0.3, -0.25) is 4.79 Å². The molecule has 31 heavy (non-hydrogen) atoms. The lowest BCUT2D eigenvalue weighted by Crippen LogP contribution is -2.34. The second-order valence-electron chi connectivity index (χ2n) is 6.96. The maximum Gasteiger partial charge on any atom is 0.240 e. The smallest absolute Gasteiger partial charge is 0.240 e. The van der Waals surface area contributed by atoms with Gasteiger partial charge in [0, 0.05) is 44.1 Å². The summed E-state index contributed by atoms with van der Waals surface area (Å²) in [6.07, 6.45) is 2.18. The van der Waals surface area contributed by atoms with Gasteiger partial charge in [-0.25, -0.2) is 17.5 Å². The standard InChI is InChI=1S/C22H25FN2O5S/c1-2-12-25(16-17-6-3-4-7-19(17)23)22(26)10-11-24-31(27,28)18-8-9-20-21(15-18)30-14-5-13-29-20/h2-4,6-9,15,24H,1,5,10-14,16H2. The van der Waals surface area contributed by atoms with Crippen LogP contribution >= 0.6 is 0 Å². The molecule has 1 heterocycles. The summed E-state index contributed by atoms with van der Waals surface area (Å²) >= 11 is 0. The number of fused-ring (bicyclic) bond motifs is 1. The van der Waals surface area contributed by atoms with Crippen LogP contribution in [0.15, 0.2) is 60.0 Å². The quantitative estimate of drug-likeness (QED) is 0.597. The molecule has 1 aliphatic rings. The van der Waals surface area contributed by atoms with E-state index in [1.165, 1.54) is 23.1 Å². The lowest BCUT2D eigenvalue weighted by atomic mass is 10.2. The number of ether oxygens (including phenoxy) is 2. The van der Waals surface area contributed by atoms with E-state index in [1.54, 1.807) is 30.3 Å². The van der Waals surface area contributed by atoms with Crippen molar-refractivity contribution in [3.8, 4) is 11.5 Å². The lowest BCUT2D eigenvalue weighted by Gasteiger charge is -2.21. The van der Waals surface area contributed by atoms with E-state index in [1.807, 2.05) is 0 Å². The lowest BCUT2D eigenvalue weighted by molar-refractivity contribution is -0.131. The molecular weight excluding hydrogens is 423 g/mol. The number of hydrogen-bond donors (Lipinski definition) is 1. The second-order valence-corrected chi connectivity index (χ2v) is 8.73. The number of nitrogens with zero attached hydrogens (tertiary/aromatic N) is 1. The van der Waals surface area contributed by atoms with E-state index in [-0.39, 0.29) is 36.9 Å². The summed E-state index contributed by atoms with van der Waals surface area (Å²) in [7, 11) is -3.84. The van der Waals surface area contributed by atoms with E-state index in [2.05, 4.69) is 11.3 Å². The third kappa shape index (κ3) is 6.05. The molecule has 0 spiro atoms. The van der Waals surface area contributed by atoms with Crippen molar-refractivity contribution in [3.05, 3.63) is 66.5 Å². The van der Waals surface area contributed by atoms with Crippen molar-refractivity contribution < 1.29 is 27.1 Å². The van der Waals surface area contributed by atoms with Crippen LogP contribution in [0.4, 0.5) is 4.39 Å². The summed E-state index contributed by atoms with van der Waals surface area (Å²) < 4.78 is 52.6. The molecule has 166 valence electrons. The Labute approximate surface area is 181 Å². The zero-order valence-corrected chi connectivity index (χ0v) is 17.9. The van der Waals surface area contributed by atoms with Gasteiger partial charge in [0.1, 0.15) is 5.82 Å². The van der Waals surface area contributed by atoms with Gasteiger partial charge >= 0.3 is 0 Å². The molecule has 0 unspecified atom stereocenters. The van der Waals surface area contributed by atoms with Gasteiger partial charge < -0.3 is 14.4 Å². The van der Waals surface area contributed by atoms with Gasteiger partial charge in [0.2, 0.25) is 15.9 Å². The van der Waals surface area contributed by atoms with Crippen molar-refractivity contribution in [3.63, 3.8) is 0 Å². The predicted molar refractivity (Wildman–Crippen MR) is 114 cm³/mol. The van der Waals surface area contributed by atoms with Gasteiger partial charge in [-0.15, -0.1) is 6.58 Å². The van der Waals surface area contributed by atoms with E-state index in [9.17, 15) is 17.6 Å². The highest BCUT2D eigenvalue weighted by Crippen LogP contribution is 2.31. The van der Waals surface area contributed by atoms with Crippen LogP contribution in [0.1, 0.15) is 18.4 Å². The van der Waals surface area contributed by atoms with Crippen molar-refractivity contribution in [2.24, 2.45) is 0 Å². The van der Waals surface area contributed by atoms with Gasteiger partial charge in [0.15, 0.2) is 11.5 Å². The number of hydrogen-bond acceptors (Lipinski definition) is 5. The van der Waals surface area contributed by atoms with Crippen LogP contribution in [0.25, 0.3) is 0 Å². The van der Waals surface area contributed by atoms with Crippen LogP contribution in [0.5, 0.6) is 11.5 Å². The Balaban J connectivity index is 1.61. The fourth-order valence-corrected chi connectivity index (χ4v) is 4.13. The maximum atomic E-state index is 13.9. The van der Waals surface area contributed by atoms with Crippen LogP contribution in [0, 0.1) is 5.82 Å². The zero-order chi connectivity index (χ0) is 22.3. The number of rotatable bonds is 9. The molecule has 0 saturated heterocycles. The Morgan fingerprint density at radius 3 is 2.65 bits per heavy atom. The molecule has 0 aliphatic carbocycles. The third-order valence-corrected chi connectivity index (χ3v) is 6.14. The number of carbonyl (C=O) groups excluding carboxylic acids is 1. The highest BCUT2D eigenvalue weighted by Gasteiger charge is 2.20. The molecule has 3 rings (SSSR count). The molecule has 0 radical (unpaired) electrons. The minimum atomic E-state index is -3.84. The average Bonchev–Trinajstić information content (AvgIpc) is 2.99. The first-order valence-corrected chi connectivity index (χ1v) is 11.4. The number of nitrogens with one attached hydrogen (secondary N) is 1. The van der Waals surface area contributed by atoms with Crippen molar-refractivity contribution in [1.82, 2.24) is 9.62 Å². The molecule has 0 fully saturated rings. The summed E-state index contributed by atoms with van der Waals surface area (Å²) in [5.74, 6) is 0.155. The van der Waals surface area contributed by atoms with Gasteiger partial charge in [-0.2, -0.15) is 0 Å². The number of carbonyl (C=O) groups is 1. The second kappa shape index (κ2) is 10.4. The maximum absolute atomic E-state index is 13.9. The molecule has 9 heteroatoms. The summed E-state index contributed by atoms with van der Waals surface area (Å²) in [5.41, 5.74) is 0.380. The topological polar surface area (TPSA) is 84.9 Å². The minimum Gasteiger partial charge on any atom is -0.490 e. The number of benzene rings is 2. The fraction of sp³-hybridized carbons (Fsp3) is 0.318. The van der Waals surface area contributed by atoms with E-state index in [0.29, 0.717) is 36.7 Å². The van der Waals surface area contributed by atoms with Crippen molar-refractivity contribution in [2.45, 2.75) is 24.3 Å². The Hall–Kier alpha value is -2.91. The summed E-state index contributed by atoms with van der Waals surface area (Å²) in [4.78, 5) is 14.0. The Kier molecular flexibility index (Phi) is 7.64. The van der Waals surface area contributed by atoms with Gasteiger partial charge in [-0.1, -0.05) is 24.3 Å². The molecule has 2 aromatic rings. The molecule has 1 amide bonds. The summed E-state index contributed by atoms with van der Waals surface area (Å²) in [5, 5.41) is 0. The van der Waals surface area contributed by atoms with Gasteiger partial charge in [-0.05, 0) is 18.2 Å². The summed E-state index contributed by atoms with van der Waals surface area (Å²) in [6.45, 7) is 4.78.